The Hall–Kier alpha value is -4.08. The van der Waals surface area contributed by atoms with Gasteiger partial charge in [0.2, 0.25) is 0 Å². The number of anilines is 1. The lowest BCUT2D eigenvalue weighted by Gasteiger charge is -2.14. The second kappa shape index (κ2) is 12.0. The Balaban J connectivity index is 1.59. The van der Waals surface area contributed by atoms with Gasteiger partial charge >= 0.3 is 6.18 Å². The summed E-state index contributed by atoms with van der Waals surface area (Å²) in [5, 5.41) is 12.6. The molecule has 2 heterocycles. The largest absolute Gasteiger partial charge is 0.496 e. The van der Waals surface area contributed by atoms with Gasteiger partial charge in [-0.25, -0.2) is 4.98 Å². The summed E-state index contributed by atoms with van der Waals surface area (Å²) in [6.45, 7) is 3.84. The first kappa shape index (κ1) is 28.9. The van der Waals surface area contributed by atoms with Crippen LogP contribution in [0.15, 0.2) is 59.3 Å². The Bertz CT molecular complexity index is 1530. The molecule has 2 aromatic carbocycles. The molecule has 0 saturated carbocycles. The van der Waals surface area contributed by atoms with Gasteiger partial charge in [-0.3, -0.25) is 9.69 Å². The summed E-state index contributed by atoms with van der Waals surface area (Å²) >= 11 is 6.39. The van der Waals surface area contributed by atoms with Gasteiger partial charge in [0.25, 0.3) is 5.91 Å². The summed E-state index contributed by atoms with van der Waals surface area (Å²) in [4.78, 5) is 18.3. The normalized spacial score (nSPS) is 14.3. The van der Waals surface area contributed by atoms with E-state index in [2.05, 4.69) is 10.3 Å². The lowest BCUT2D eigenvalue weighted by molar-refractivity contribution is -0.141. The molecule has 1 aliphatic heterocycles. The highest BCUT2D eigenvalue weighted by Gasteiger charge is 2.34. The van der Waals surface area contributed by atoms with E-state index in [1.54, 1.807) is 48.5 Å². The number of thioether (sulfide) groups is 1. The quantitative estimate of drug-likeness (QED) is 0.189. The summed E-state index contributed by atoms with van der Waals surface area (Å²) < 4.78 is 50.9. The third-order valence-corrected chi connectivity index (χ3v) is 7.16. The minimum Gasteiger partial charge on any atom is -0.496 e. The maximum atomic E-state index is 13.3. The molecule has 0 bridgehead atoms. The summed E-state index contributed by atoms with van der Waals surface area (Å²) in [5.41, 5.74) is 1.32. The molecule has 0 unspecified atom stereocenters. The van der Waals surface area contributed by atoms with Crippen molar-refractivity contribution >= 4 is 46.8 Å². The predicted octanol–water partition coefficient (Wildman–Crippen LogP) is 6.24. The summed E-state index contributed by atoms with van der Waals surface area (Å²) in [5.74, 6) is 0.992. The van der Waals surface area contributed by atoms with Gasteiger partial charge in [-0.2, -0.15) is 18.4 Å². The van der Waals surface area contributed by atoms with Crippen molar-refractivity contribution in [1.29, 1.82) is 5.26 Å². The molecule has 0 spiro atoms. The number of amides is 1. The van der Waals surface area contributed by atoms with E-state index < -0.39 is 11.9 Å². The highest BCUT2D eigenvalue weighted by Crippen LogP contribution is 2.35. The highest BCUT2D eigenvalue weighted by atomic mass is 32.2. The van der Waals surface area contributed by atoms with Gasteiger partial charge in [0.15, 0.2) is 5.11 Å². The number of pyridine rings is 1. The van der Waals surface area contributed by atoms with Crippen molar-refractivity contribution in [3.63, 3.8) is 0 Å². The number of hydrogen-bond donors (Lipinski definition) is 1. The average Bonchev–Trinajstić information content (AvgIpc) is 3.19. The fourth-order valence-electron chi connectivity index (χ4n) is 3.97. The molecule has 1 saturated heterocycles. The number of carbonyl (C=O) groups is 1. The molecule has 1 N–H and O–H groups in total. The molecule has 0 radical (unpaired) electrons. The fourth-order valence-corrected chi connectivity index (χ4v) is 5.30. The van der Waals surface area contributed by atoms with Crippen molar-refractivity contribution in [2.75, 3.05) is 18.6 Å². The number of aryl methyl sites for hydroxylation is 1. The lowest BCUT2D eigenvalue weighted by atomic mass is 10.1. The standard InChI is InChI=1S/C28H23F3N4O3S2/c1-4-38-20-8-6-19(7-9-20)35-26(36)22(33-27(35)39)13-17-5-10-23(37-3)18(12-17)15-40-25-21(14-32)16(2)11-24(34-25)28(29,30)31/h5-13H,4,15H2,1-3H3,(H,33,39)/b22-13+. The van der Waals surface area contributed by atoms with Gasteiger partial charge in [-0.1, -0.05) is 6.07 Å². The molecule has 1 amide bonds. The zero-order valence-corrected chi connectivity index (χ0v) is 23.3. The number of halogens is 3. The SMILES string of the molecule is CCOc1ccc(N2C(=O)/C(=C\c3ccc(OC)c(CSc4nc(C(F)(F)F)cc(C)c4C#N)c3)NC2=S)cc1. The van der Waals surface area contributed by atoms with E-state index >= 15 is 0 Å². The number of methoxy groups -OCH3 is 1. The Morgan fingerprint density at radius 2 is 1.93 bits per heavy atom. The second-order valence-corrected chi connectivity index (χ2v) is 9.88. The van der Waals surface area contributed by atoms with Crippen molar-refractivity contribution < 1.29 is 27.4 Å². The molecule has 12 heteroatoms. The second-order valence-electron chi connectivity index (χ2n) is 8.53. The number of thiocarbonyl (C=S) groups is 1. The zero-order valence-electron chi connectivity index (χ0n) is 21.6. The molecule has 1 aromatic heterocycles. The number of alkyl halides is 3. The van der Waals surface area contributed by atoms with Crippen LogP contribution in [-0.2, 0) is 16.7 Å². The topological polar surface area (TPSA) is 87.5 Å². The first-order valence-electron chi connectivity index (χ1n) is 11.9. The average molecular weight is 585 g/mol. The number of aromatic nitrogens is 1. The van der Waals surface area contributed by atoms with Gasteiger partial charge in [0.1, 0.15) is 34.0 Å². The minimum atomic E-state index is -4.64. The van der Waals surface area contributed by atoms with Crippen LogP contribution in [0.5, 0.6) is 11.5 Å². The molecular formula is C28H23F3N4O3S2. The molecule has 40 heavy (non-hydrogen) atoms. The van der Waals surface area contributed by atoms with Crippen molar-refractivity contribution in [3.8, 4) is 17.6 Å². The van der Waals surface area contributed by atoms with Crippen LogP contribution < -0.4 is 19.7 Å². The van der Waals surface area contributed by atoms with Crippen molar-refractivity contribution in [1.82, 2.24) is 10.3 Å². The summed E-state index contributed by atoms with van der Waals surface area (Å²) in [7, 11) is 1.48. The summed E-state index contributed by atoms with van der Waals surface area (Å²) in [6, 6.07) is 15.0. The first-order valence-corrected chi connectivity index (χ1v) is 13.3. The number of nitriles is 1. The third kappa shape index (κ3) is 6.21. The Labute approximate surface area is 238 Å². The monoisotopic (exact) mass is 584 g/mol. The number of nitrogens with zero attached hydrogens (tertiary/aromatic N) is 3. The number of nitrogens with one attached hydrogen (secondary N) is 1. The van der Waals surface area contributed by atoms with Crippen molar-refractivity contribution in [3.05, 3.63) is 82.2 Å². The van der Waals surface area contributed by atoms with Gasteiger partial charge in [-0.05, 0) is 85.7 Å². The molecule has 0 aliphatic carbocycles. The van der Waals surface area contributed by atoms with Crippen LogP contribution in [0.4, 0.5) is 18.9 Å². The van der Waals surface area contributed by atoms with Crippen LogP contribution in [0.2, 0.25) is 0 Å². The lowest BCUT2D eigenvalue weighted by Crippen LogP contribution is -2.30. The van der Waals surface area contributed by atoms with Crippen molar-refractivity contribution in [2.45, 2.75) is 30.8 Å². The number of hydrogen-bond acceptors (Lipinski definition) is 7. The van der Waals surface area contributed by atoms with E-state index in [-0.39, 0.29) is 38.6 Å². The van der Waals surface area contributed by atoms with Crippen LogP contribution in [-0.4, -0.2) is 29.7 Å². The van der Waals surface area contributed by atoms with Gasteiger partial charge in [0.05, 0.1) is 25.0 Å². The number of carbonyl (C=O) groups excluding carboxylic acids is 1. The molecular weight excluding hydrogens is 561 g/mol. The maximum Gasteiger partial charge on any atom is 0.433 e. The van der Waals surface area contributed by atoms with Crippen LogP contribution in [0.1, 0.15) is 34.9 Å². The van der Waals surface area contributed by atoms with E-state index in [9.17, 15) is 23.2 Å². The van der Waals surface area contributed by atoms with E-state index in [1.807, 2.05) is 13.0 Å². The van der Waals surface area contributed by atoms with Gasteiger partial charge in [0, 0.05) is 11.3 Å². The molecule has 4 rings (SSSR count). The molecule has 3 aromatic rings. The maximum absolute atomic E-state index is 13.3. The predicted molar refractivity (Wildman–Crippen MR) is 150 cm³/mol. The van der Waals surface area contributed by atoms with Gasteiger partial charge < -0.3 is 14.8 Å². The van der Waals surface area contributed by atoms with E-state index in [4.69, 9.17) is 21.7 Å². The number of ether oxygens (including phenoxy) is 2. The van der Waals surface area contributed by atoms with E-state index in [0.29, 0.717) is 34.9 Å². The molecule has 1 fully saturated rings. The Morgan fingerprint density at radius 1 is 1.20 bits per heavy atom. The van der Waals surface area contributed by atoms with Crippen LogP contribution >= 0.6 is 24.0 Å². The Kier molecular flexibility index (Phi) is 8.66. The Morgan fingerprint density at radius 3 is 2.55 bits per heavy atom. The van der Waals surface area contributed by atoms with E-state index in [1.165, 1.54) is 18.9 Å². The van der Waals surface area contributed by atoms with Crippen LogP contribution in [0.25, 0.3) is 6.08 Å². The zero-order chi connectivity index (χ0) is 29.0. The van der Waals surface area contributed by atoms with Crippen LogP contribution in [0.3, 0.4) is 0 Å². The first-order chi connectivity index (χ1) is 19.0. The molecule has 0 atom stereocenters. The minimum absolute atomic E-state index is 0.0235. The van der Waals surface area contributed by atoms with Crippen LogP contribution in [0, 0.1) is 18.3 Å². The summed E-state index contributed by atoms with van der Waals surface area (Å²) in [6.07, 6.45) is -3.01. The number of rotatable bonds is 8. The highest BCUT2D eigenvalue weighted by molar-refractivity contribution is 7.98. The third-order valence-electron chi connectivity index (χ3n) is 5.85. The van der Waals surface area contributed by atoms with E-state index in [0.717, 1.165) is 17.8 Å². The number of benzene rings is 2. The molecule has 1 aliphatic rings. The fraction of sp³-hybridized carbons (Fsp3) is 0.214. The molecule has 7 nitrogen and oxygen atoms in total. The van der Waals surface area contributed by atoms with Gasteiger partial charge in [-0.15, -0.1) is 11.8 Å². The smallest absolute Gasteiger partial charge is 0.433 e. The molecule has 206 valence electrons. The van der Waals surface area contributed by atoms with Crippen molar-refractivity contribution in [2.24, 2.45) is 0 Å².